The van der Waals surface area contributed by atoms with Gasteiger partial charge in [-0.1, -0.05) is 23.2 Å². The molecular formula is C21H29Cl2N3O5. The molecule has 1 aliphatic rings. The highest BCUT2D eigenvalue weighted by Gasteiger charge is 2.24. The average molecular weight is 474 g/mol. The highest BCUT2D eigenvalue weighted by molar-refractivity contribution is 6.35. The minimum atomic E-state index is -0.577. The molecule has 0 aromatic heterocycles. The second-order valence-corrected chi connectivity index (χ2v) is 9.11. The van der Waals surface area contributed by atoms with Gasteiger partial charge in [-0.15, -0.1) is 0 Å². The number of hydrogen-bond acceptors (Lipinski definition) is 5. The molecule has 8 nitrogen and oxygen atoms in total. The second-order valence-electron chi connectivity index (χ2n) is 8.26. The number of nitrogens with zero attached hydrogens (tertiary/aromatic N) is 1. The lowest BCUT2D eigenvalue weighted by Gasteiger charge is -2.32. The first kappa shape index (κ1) is 25.1. The summed E-state index contributed by atoms with van der Waals surface area (Å²) >= 11 is 11.9. The Morgan fingerprint density at radius 1 is 1.16 bits per heavy atom. The normalized spacial score (nSPS) is 14.7. The fourth-order valence-corrected chi connectivity index (χ4v) is 3.48. The molecule has 10 heteroatoms. The number of carbonyl (C=O) groups excluding carboxylic acids is 3. The van der Waals surface area contributed by atoms with E-state index in [1.165, 1.54) is 0 Å². The number of alkyl carbamates (subject to hydrolysis) is 1. The molecule has 172 valence electrons. The predicted molar refractivity (Wildman–Crippen MR) is 119 cm³/mol. The molecule has 1 aromatic rings. The quantitative estimate of drug-likeness (QED) is 0.632. The van der Waals surface area contributed by atoms with Crippen molar-refractivity contribution in [2.24, 2.45) is 0 Å². The van der Waals surface area contributed by atoms with Gasteiger partial charge in [-0.25, -0.2) is 4.79 Å². The van der Waals surface area contributed by atoms with Crippen LogP contribution in [0, 0.1) is 0 Å². The van der Waals surface area contributed by atoms with E-state index in [0.29, 0.717) is 41.7 Å². The number of likely N-dealkylation sites (tertiary alicyclic amines) is 1. The summed E-state index contributed by atoms with van der Waals surface area (Å²) in [6, 6.07) is 4.77. The zero-order valence-corrected chi connectivity index (χ0v) is 19.5. The zero-order valence-electron chi connectivity index (χ0n) is 18.0. The van der Waals surface area contributed by atoms with Crippen LogP contribution in [0.15, 0.2) is 18.2 Å². The molecule has 0 bridgehead atoms. The van der Waals surface area contributed by atoms with Gasteiger partial charge in [-0.05, 0) is 51.8 Å². The molecule has 1 heterocycles. The van der Waals surface area contributed by atoms with Crippen molar-refractivity contribution in [1.82, 2.24) is 15.5 Å². The van der Waals surface area contributed by atoms with Gasteiger partial charge in [-0.3, -0.25) is 9.59 Å². The van der Waals surface area contributed by atoms with E-state index >= 15 is 0 Å². The third-order valence-corrected chi connectivity index (χ3v) is 5.00. The number of nitrogens with one attached hydrogen (secondary N) is 2. The highest BCUT2D eigenvalue weighted by Crippen LogP contribution is 2.27. The van der Waals surface area contributed by atoms with Crippen molar-refractivity contribution in [1.29, 1.82) is 0 Å². The standard InChI is InChI=1S/C21H29Cl2N3O5/c1-21(2,3)31-20(29)24-9-6-19(28)26-10-7-15(8-11-26)25-18(27)13-30-17-5-4-14(22)12-16(17)23/h4-5,12,15H,6-11,13H2,1-3H3,(H,24,29)(H,25,27). The van der Waals surface area contributed by atoms with Crippen LogP contribution in [0.5, 0.6) is 5.75 Å². The second kappa shape index (κ2) is 11.4. The zero-order chi connectivity index (χ0) is 23.0. The van der Waals surface area contributed by atoms with Crippen LogP contribution < -0.4 is 15.4 Å². The van der Waals surface area contributed by atoms with Crippen molar-refractivity contribution in [2.45, 2.75) is 51.7 Å². The molecule has 0 spiro atoms. The monoisotopic (exact) mass is 473 g/mol. The Balaban J connectivity index is 1.64. The third-order valence-electron chi connectivity index (χ3n) is 4.47. The summed E-state index contributed by atoms with van der Waals surface area (Å²) < 4.78 is 10.6. The number of piperidine rings is 1. The summed E-state index contributed by atoms with van der Waals surface area (Å²) in [6.07, 6.45) is 0.965. The minimum Gasteiger partial charge on any atom is -0.482 e. The lowest BCUT2D eigenvalue weighted by molar-refractivity contribution is -0.132. The van der Waals surface area contributed by atoms with E-state index in [2.05, 4.69) is 10.6 Å². The van der Waals surface area contributed by atoms with Crippen LogP contribution in [0.1, 0.15) is 40.0 Å². The summed E-state index contributed by atoms with van der Waals surface area (Å²) in [5, 5.41) is 6.33. The Morgan fingerprint density at radius 3 is 2.45 bits per heavy atom. The molecule has 2 rings (SSSR count). The number of hydrogen-bond donors (Lipinski definition) is 2. The van der Waals surface area contributed by atoms with E-state index in [0.717, 1.165) is 0 Å². The number of benzene rings is 1. The SMILES string of the molecule is CC(C)(C)OC(=O)NCCC(=O)N1CCC(NC(=O)COc2ccc(Cl)cc2Cl)CC1. The molecule has 1 saturated heterocycles. The average Bonchev–Trinajstić information content (AvgIpc) is 2.66. The van der Waals surface area contributed by atoms with Crippen LogP contribution in [0.25, 0.3) is 0 Å². The molecule has 0 atom stereocenters. The maximum Gasteiger partial charge on any atom is 0.407 e. The van der Waals surface area contributed by atoms with Gasteiger partial charge >= 0.3 is 6.09 Å². The highest BCUT2D eigenvalue weighted by atomic mass is 35.5. The van der Waals surface area contributed by atoms with E-state index in [-0.39, 0.29) is 37.4 Å². The number of ether oxygens (including phenoxy) is 2. The molecule has 1 aromatic carbocycles. The van der Waals surface area contributed by atoms with Crippen LogP contribution in [-0.4, -0.2) is 60.7 Å². The van der Waals surface area contributed by atoms with E-state index in [9.17, 15) is 14.4 Å². The Kier molecular flexibility index (Phi) is 9.25. The number of rotatable bonds is 7. The first-order chi connectivity index (χ1) is 14.5. The number of carbonyl (C=O) groups is 3. The molecule has 31 heavy (non-hydrogen) atoms. The minimum absolute atomic E-state index is 0.0271. The van der Waals surface area contributed by atoms with Crippen LogP contribution in [0.3, 0.4) is 0 Å². The Hall–Kier alpha value is -2.19. The van der Waals surface area contributed by atoms with Gasteiger partial charge in [0.15, 0.2) is 6.61 Å². The Morgan fingerprint density at radius 2 is 1.84 bits per heavy atom. The molecule has 0 saturated carbocycles. The molecule has 1 aliphatic heterocycles. The summed E-state index contributed by atoms with van der Waals surface area (Å²) in [6.45, 7) is 6.48. The summed E-state index contributed by atoms with van der Waals surface area (Å²) in [4.78, 5) is 37.8. The topological polar surface area (TPSA) is 97.0 Å². The van der Waals surface area contributed by atoms with E-state index in [4.69, 9.17) is 32.7 Å². The Labute approximate surface area is 192 Å². The van der Waals surface area contributed by atoms with Crippen molar-refractivity contribution >= 4 is 41.1 Å². The predicted octanol–water partition coefficient (Wildman–Crippen LogP) is 3.39. The lowest BCUT2D eigenvalue weighted by atomic mass is 10.0. The largest absolute Gasteiger partial charge is 0.482 e. The van der Waals surface area contributed by atoms with Gasteiger partial charge in [-0.2, -0.15) is 0 Å². The molecule has 3 amide bonds. The fourth-order valence-electron chi connectivity index (χ4n) is 3.02. The maximum absolute atomic E-state index is 12.3. The van der Waals surface area contributed by atoms with Crippen molar-refractivity contribution in [3.05, 3.63) is 28.2 Å². The smallest absolute Gasteiger partial charge is 0.407 e. The van der Waals surface area contributed by atoms with Crippen LogP contribution in [-0.2, 0) is 14.3 Å². The molecule has 2 N–H and O–H groups in total. The van der Waals surface area contributed by atoms with Crippen LogP contribution in [0.4, 0.5) is 4.79 Å². The number of amides is 3. The first-order valence-corrected chi connectivity index (χ1v) is 10.9. The van der Waals surface area contributed by atoms with E-state index in [1.807, 2.05) is 0 Å². The van der Waals surface area contributed by atoms with Gasteiger partial charge in [0.2, 0.25) is 5.91 Å². The fraction of sp³-hybridized carbons (Fsp3) is 0.571. The van der Waals surface area contributed by atoms with Crippen molar-refractivity contribution < 1.29 is 23.9 Å². The maximum atomic E-state index is 12.3. The van der Waals surface area contributed by atoms with Crippen molar-refractivity contribution in [3.8, 4) is 5.75 Å². The van der Waals surface area contributed by atoms with Crippen LogP contribution in [0.2, 0.25) is 10.0 Å². The Bertz CT molecular complexity index is 790. The van der Waals surface area contributed by atoms with Crippen LogP contribution >= 0.6 is 23.2 Å². The summed E-state index contributed by atoms with van der Waals surface area (Å²) in [5.41, 5.74) is -0.577. The van der Waals surface area contributed by atoms with Gasteiger partial charge in [0, 0.05) is 37.1 Å². The molecule has 0 aliphatic carbocycles. The van der Waals surface area contributed by atoms with Crippen molar-refractivity contribution in [3.63, 3.8) is 0 Å². The van der Waals surface area contributed by atoms with Gasteiger partial charge in [0.1, 0.15) is 11.4 Å². The molecule has 1 fully saturated rings. The van der Waals surface area contributed by atoms with Gasteiger partial charge < -0.3 is 25.0 Å². The first-order valence-electron chi connectivity index (χ1n) is 10.2. The third kappa shape index (κ3) is 9.23. The van der Waals surface area contributed by atoms with E-state index < -0.39 is 11.7 Å². The molecule has 0 unspecified atom stereocenters. The molecule has 0 radical (unpaired) electrons. The van der Waals surface area contributed by atoms with E-state index in [1.54, 1.807) is 43.9 Å². The van der Waals surface area contributed by atoms with Gasteiger partial charge in [0.25, 0.3) is 5.91 Å². The summed E-state index contributed by atoms with van der Waals surface area (Å²) in [5.74, 6) is 0.0977. The summed E-state index contributed by atoms with van der Waals surface area (Å²) in [7, 11) is 0. The molecular weight excluding hydrogens is 445 g/mol. The van der Waals surface area contributed by atoms with Gasteiger partial charge in [0.05, 0.1) is 5.02 Å². The van der Waals surface area contributed by atoms with Crippen molar-refractivity contribution in [2.75, 3.05) is 26.2 Å². The number of halogens is 2. The lowest BCUT2D eigenvalue weighted by Crippen LogP contribution is -2.48.